The van der Waals surface area contributed by atoms with Gasteiger partial charge in [0.1, 0.15) is 0 Å². The number of nitrogens with two attached hydrogens (primary N) is 1. The molecule has 17 heavy (non-hydrogen) atoms. The van der Waals surface area contributed by atoms with Crippen molar-refractivity contribution in [2.24, 2.45) is 5.73 Å². The van der Waals surface area contributed by atoms with Crippen molar-refractivity contribution in [3.8, 4) is 0 Å². The van der Waals surface area contributed by atoms with Gasteiger partial charge in [0, 0.05) is 6.54 Å². The number of rotatable bonds is 7. The van der Waals surface area contributed by atoms with Gasteiger partial charge in [-0.25, -0.2) is 0 Å². The maximum atomic E-state index is 11.2. The molecule has 102 valence electrons. The lowest BCUT2D eigenvalue weighted by Crippen LogP contribution is -2.55. The van der Waals surface area contributed by atoms with Crippen molar-refractivity contribution in [1.29, 1.82) is 0 Å². The number of carbonyl (C=O) groups excluding carboxylic acids is 1. The highest BCUT2D eigenvalue weighted by molar-refractivity contribution is 5.84. The Labute approximate surface area is 104 Å². The van der Waals surface area contributed by atoms with Gasteiger partial charge in [-0.15, -0.1) is 0 Å². The van der Waals surface area contributed by atoms with Crippen LogP contribution in [0.2, 0.25) is 0 Å². The lowest BCUT2D eigenvalue weighted by Gasteiger charge is -2.28. The van der Waals surface area contributed by atoms with Crippen LogP contribution in [-0.4, -0.2) is 41.4 Å². The minimum Gasteiger partial charge on any atom is -0.389 e. The van der Waals surface area contributed by atoms with E-state index in [1.807, 2.05) is 27.7 Å². The van der Waals surface area contributed by atoms with E-state index in [1.54, 1.807) is 6.92 Å². The summed E-state index contributed by atoms with van der Waals surface area (Å²) < 4.78 is 5.44. The summed E-state index contributed by atoms with van der Waals surface area (Å²) in [5.41, 5.74) is 4.24. The standard InChI is InChI=1S/C12H26N2O3/c1-6-12(5,10(13)16)14-7-9(15)8-17-11(2,3)4/h9,14-15H,6-8H2,1-5H3,(H2,13,16). The first-order valence-electron chi connectivity index (χ1n) is 5.97. The van der Waals surface area contributed by atoms with E-state index in [1.165, 1.54) is 0 Å². The summed E-state index contributed by atoms with van der Waals surface area (Å²) in [7, 11) is 0. The first kappa shape index (κ1) is 16.4. The number of primary amides is 1. The number of aliphatic hydroxyl groups excluding tert-OH is 1. The molecule has 0 aliphatic rings. The van der Waals surface area contributed by atoms with Gasteiger partial charge < -0.3 is 20.9 Å². The predicted molar refractivity (Wildman–Crippen MR) is 67.6 cm³/mol. The number of β-amino-alcohol motifs (C(OH)–C–C–N with tert-alkyl or cyclic N) is 1. The van der Waals surface area contributed by atoms with Crippen LogP contribution in [-0.2, 0) is 9.53 Å². The highest BCUT2D eigenvalue weighted by atomic mass is 16.5. The van der Waals surface area contributed by atoms with E-state index >= 15 is 0 Å². The first-order valence-corrected chi connectivity index (χ1v) is 5.97. The molecule has 0 saturated carbocycles. The average Bonchev–Trinajstić information content (AvgIpc) is 2.21. The zero-order valence-corrected chi connectivity index (χ0v) is 11.5. The molecule has 0 heterocycles. The number of carbonyl (C=O) groups is 1. The number of amides is 1. The summed E-state index contributed by atoms with van der Waals surface area (Å²) >= 11 is 0. The second-order valence-corrected chi connectivity index (χ2v) is 5.51. The number of hydrogen-bond acceptors (Lipinski definition) is 4. The molecule has 0 rings (SSSR count). The Morgan fingerprint density at radius 3 is 2.29 bits per heavy atom. The first-order chi connectivity index (χ1) is 7.60. The van der Waals surface area contributed by atoms with E-state index in [9.17, 15) is 9.90 Å². The van der Waals surface area contributed by atoms with E-state index in [2.05, 4.69) is 5.32 Å². The van der Waals surface area contributed by atoms with Crippen LogP contribution in [0.3, 0.4) is 0 Å². The van der Waals surface area contributed by atoms with E-state index < -0.39 is 17.6 Å². The third kappa shape index (κ3) is 6.61. The molecule has 0 aromatic carbocycles. The Bertz CT molecular complexity index is 251. The molecule has 0 aliphatic heterocycles. The largest absolute Gasteiger partial charge is 0.389 e. The molecular weight excluding hydrogens is 220 g/mol. The van der Waals surface area contributed by atoms with Crippen LogP contribution in [0, 0.1) is 0 Å². The van der Waals surface area contributed by atoms with Crippen molar-refractivity contribution in [1.82, 2.24) is 5.32 Å². The third-order valence-corrected chi connectivity index (χ3v) is 2.69. The van der Waals surface area contributed by atoms with Crippen molar-refractivity contribution in [3.63, 3.8) is 0 Å². The van der Waals surface area contributed by atoms with E-state index in [-0.39, 0.29) is 18.8 Å². The number of ether oxygens (including phenoxy) is 1. The Morgan fingerprint density at radius 2 is 1.94 bits per heavy atom. The fourth-order valence-corrected chi connectivity index (χ4v) is 1.13. The second-order valence-electron chi connectivity index (χ2n) is 5.51. The van der Waals surface area contributed by atoms with Crippen LogP contribution < -0.4 is 11.1 Å². The minimum absolute atomic E-state index is 0.231. The van der Waals surface area contributed by atoms with Crippen molar-refractivity contribution in [2.75, 3.05) is 13.2 Å². The highest BCUT2D eigenvalue weighted by Crippen LogP contribution is 2.09. The number of hydrogen-bond donors (Lipinski definition) is 3. The fourth-order valence-electron chi connectivity index (χ4n) is 1.13. The lowest BCUT2D eigenvalue weighted by molar-refractivity contribution is -0.124. The van der Waals surface area contributed by atoms with Gasteiger partial charge >= 0.3 is 0 Å². The molecule has 0 spiro atoms. The summed E-state index contributed by atoms with van der Waals surface area (Å²) in [6.07, 6.45) is -0.0747. The normalized spacial score (nSPS) is 17.5. The van der Waals surface area contributed by atoms with Gasteiger partial charge in [0.05, 0.1) is 23.9 Å². The van der Waals surface area contributed by atoms with Crippen LogP contribution in [0.25, 0.3) is 0 Å². The van der Waals surface area contributed by atoms with E-state index in [0.29, 0.717) is 6.42 Å². The van der Waals surface area contributed by atoms with Gasteiger partial charge in [0.2, 0.25) is 5.91 Å². The van der Waals surface area contributed by atoms with Crippen LogP contribution in [0.1, 0.15) is 41.0 Å². The highest BCUT2D eigenvalue weighted by Gasteiger charge is 2.28. The Morgan fingerprint density at radius 1 is 1.41 bits per heavy atom. The molecule has 0 aromatic rings. The Kier molecular flexibility index (Phi) is 6.09. The van der Waals surface area contributed by atoms with Crippen LogP contribution in [0.15, 0.2) is 0 Å². The molecule has 0 radical (unpaired) electrons. The Hall–Kier alpha value is -0.650. The molecule has 0 aromatic heterocycles. The molecule has 2 atom stereocenters. The zero-order chi connectivity index (χ0) is 13.7. The average molecular weight is 246 g/mol. The van der Waals surface area contributed by atoms with Gasteiger partial charge in [0.25, 0.3) is 0 Å². The van der Waals surface area contributed by atoms with Gasteiger partial charge in [-0.1, -0.05) is 6.92 Å². The van der Waals surface area contributed by atoms with Crippen LogP contribution >= 0.6 is 0 Å². The SMILES string of the molecule is CCC(C)(NCC(O)COC(C)(C)C)C(N)=O. The number of aliphatic hydroxyl groups is 1. The summed E-state index contributed by atoms with van der Waals surface area (Å²) in [4.78, 5) is 11.2. The summed E-state index contributed by atoms with van der Waals surface area (Å²) in [6.45, 7) is 9.88. The van der Waals surface area contributed by atoms with Gasteiger partial charge in [-0.3, -0.25) is 4.79 Å². The minimum atomic E-state index is -0.775. The molecule has 0 saturated heterocycles. The molecule has 0 bridgehead atoms. The Balaban J connectivity index is 4.06. The zero-order valence-electron chi connectivity index (χ0n) is 11.5. The molecule has 2 unspecified atom stereocenters. The lowest BCUT2D eigenvalue weighted by atomic mass is 9.98. The van der Waals surface area contributed by atoms with Gasteiger partial charge in [-0.05, 0) is 34.1 Å². The van der Waals surface area contributed by atoms with E-state index in [4.69, 9.17) is 10.5 Å². The smallest absolute Gasteiger partial charge is 0.237 e. The van der Waals surface area contributed by atoms with Crippen molar-refractivity contribution >= 4 is 5.91 Å². The maximum Gasteiger partial charge on any atom is 0.237 e. The molecule has 5 nitrogen and oxygen atoms in total. The van der Waals surface area contributed by atoms with E-state index in [0.717, 1.165) is 0 Å². The second kappa shape index (κ2) is 6.33. The van der Waals surface area contributed by atoms with Crippen molar-refractivity contribution in [3.05, 3.63) is 0 Å². The van der Waals surface area contributed by atoms with Crippen molar-refractivity contribution < 1.29 is 14.6 Å². The molecule has 0 fully saturated rings. The molecule has 4 N–H and O–H groups in total. The number of nitrogens with one attached hydrogen (secondary N) is 1. The molecule has 5 heteroatoms. The summed E-state index contributed by atoms with van der Waals surface area (Å²) in [5, 5.41) is 12.7. The summed E-state index contributed by atoms with van der Waals surface area (Å²) in [5.74, 6) is -0.413. The van der Waals surface area contributed by atoms with Gasteiger partial charge in [-0.2, -0.15) is 0 Å². The molecular formula is C12H26N2O3. The third-order valence-electron chi connectivity index (χ3n) is 2.69. The van der Waals surface area contributed by atoms with Crippen LogP contribution in [0.4, 0.5) is 0 Å². The summed E-state index contributed by atoms with van der Waals surface area (Å²) in [6, 6.07) is 0. The molecule has 1 amide bonds. The van der Waals surface area contributed by atoms with Crippen molar-refractivity contribution in [2.45, 2.75) is 58.3 Å². The monoisotopic (exact) mass is 246 g/mol. The predicted octanol–water partition coefficient (Wildman–Crippen LogP) is 0.406. The van der Waals surface area contributed by atoms with Crippen LogP contribution in [0.5, 0.6) is 0 Å². The van der Waals surface area contributed by atoms with Gasteiger partial charge in [0.15, 0.2) is 0 Å². The molecule has 0 aliphatic carbocycles. The fraction of sp³-hybridized carbons (Fsp3) is 0.917. The maximum absolute atomic E-state index is 11.2. The quantitative estimate of drug-likeness (QED) is 0.607. The topological polar surface area (TPSA) is 84.6 Å².